The van der Waals surface area contributed by atoms with Gasteiger partial charge in [0.1, 0.15) is 0 Å². The average Bonchev–Trinajstić information content (AvgIpc) is 3.18. The van der Waals surface area contributed by atoms with Gasteiger partial charge in [-0.05, 0) is 54.6 Å². The molecule has 29 heavy (non-hydrogen) atoms. The Kier molecular flexibility index (Phi) is 7.36. The minimum Gasteiger partial charge on any atom is -0.361 e. The number of hydrogen-bond acceptors (Lipinski definition) is 3. The number of carbonyl (C=O) groups is 2. The quantitative estimate of drug-likeness (QED) is 0.391. The van der Waals surface area contributed by atoms with Crippen LogP contribution >= 0.6 is 11.8 Å². The molecule has 3 N–H and O–H groups in total. The van der Waals surface area contributed by atoms with Crippen LogP contribution in [0.4, 0.5) is 11.4 Å². The lowest BCUT2D eigenvalue weighted by Gasteiger charge is -2.15. The minimum absolute atomic E-state index is 0.0264. The molecule has 1 aromatic heterocycles. The number of fused-ring (bicyclic) bond motifs is 1. The molecular formula is C23H27N3O2S. The van der Waals surface area contributed by atoms with E-state index in [9.17, 15) is 9.59 Å². The van der Waals surface area contributed by atoms with Crippen molar-refractivity contribution in [1.82, 2.24) is 4.98 Å². The number of amides is 2. The predicted octanol–water partition coefficient (Wildman–Crippen LogP) is 5.81. The molecule has 0 saturated carbocycles. The Labute approximate surface area is 175 Å². The van der Waals surface area contributed by atoms with Crippen LogP contribution in [0.15, 0.2) is 59.6 Å². The highest BCUT2D eigenvalue weighted by molar-refractivity contribution is 8.00. The van der Waals surface area contributed by atoms with Crippen molar-refractivity contribution in [3.05, 3.63) is 54.7 Å². The lowest BCUT2D eigenvalue weighted by atomic mass is 10.2. The summed E-state index contributed by atoms with van der Waals surface area (Å²) >= 11 is 1.51. The highest BCUT2D eigenvalue weighted by Crippen LogP contribution is 2.29. The van der Waals surface area contributed by atoms with Crippen molar-refractivity contribution in [2.24, 2.45) is 0 Å². The summed E-state index contributed by atoms with van der Waals surface area (Å²) in [4.78, 5) is 28.9. The van der Waals surface area contributed by atoms with Gasteiger partial charge in [0.15, 0.2) is 0 Å². The third kappa shape index (κ3) is 5.87. The molecule has 5 nitrogen and oxygen atoms in total. The second-order valence-electron chi connectivity index (χ2n) is 6.96. The summed E-state index contributed by atoms with van der Waals surface area (Å²) in [6.07, 6.45) is 4.99. The molecule has 0 aliphatic heterocycles. The standard InChI is InChI=1S/C23H27N3O2S/c1-3-5-9-22(27)25-17-7-6-8-19(14-17)29-21(4-2)23(28)26-18-11-10-16-12-13-24-20(16)15-18/h6-8,10-15,21,24H,3-5,9H2,1-2H3,(H,25,27)(H,26,28). The molecule has 0 aliphatic rings. The van der Waals surface area contributed by atoms with Crippen LogP contribution in [-0.2, 0) is 9.59 Å². The number of rotatable bonds is 9. The van der Waals surface area contributed by atoms with E-state index in [0.29, 0.717) is 12.8 Å². The number of thioether (sulfide) groups is 1. The molecule has 1 atom stereocenters. The van der Waals surface area contributed by atoms with Crippen molar-refractivity contribution in [3.63, 3.8) is 0 Å². The topological polar surface area (TPSA) is 74.0 Å². The van der Waals surface area contributed by atoms with Crippen LogP contribution in [0.2, 0.25) is 0 Å². The van der Waals surface area contributed by atoms with Gasteiger partial charge in [-0.1, -0.05) is 32.4 Å². The molecule has 0 saturated heterocycles. The zero-order chi connectivity index (χ0) is 20.6. The van der Waals surface area contributed by atoms with E-state index in [1.54, 1.807) is 0 Å². The van der Waals surface area contributed by atoms with Crippen molar-refractivity contribution in [1.29, 1.82) is 0 Å². The molecule has 152 valence electrons. The van der Waals surface area contributed by atoms with E-state index in [1.165, 1.54) is 11.8 Å². The van der Waals surface area contributed by atoms with Gasteiger partial charge in [0.25, 0.3) is 0 Å². The van der Waals surface area contributed by atoms with E-state index in [0.717, 1.165) is 40.0 Å². The van der Waals surface area contributed by atoms with E-state index in [-0.39, 0.29) is 17.1 Å². The number of benzene rings is 2. The van der Waals surface area contributed by atoms with Gasteiger partial charge in [-0.3, -0.25) is 9.59 Å². The van der Waals surface area contributed by atoms with Crippen LogP contribution in [0.1, 0.15) is 39.5 Å². The first-order chi connectivity index (χ1) is 14.1. The number of anilines is 2. The molecule has 2 aromatic carbocycles. The molecule has 0 spiro atoms. The maximum absolute atomic E-state index is 12.8. The molecule has 6 heteroatoms. The second-order valence-corrected chi connectivity index (χ2v) is 8.24. The van der Waals surface area contributed by atoms with E-state index >= 15 is 0 Å². The molecule has 0 radical (unpaired) electrons. The van der Waals surface area contributed by atoms with E-state index < -0.39 is 0 Å². The lowest BCUT2D eigenvalue weighted by molar-refractivity contribution is -0.116. The van der Waals surface area contributed by atoms with Gasteiger partial charge in [0.2, 0.25) is 11.8 Å². The largest absolute Gasteiger partial charge is 0.361 e. The normalized spacial score (nSPS) is 11.9. The van der Waals surface area contributed by atoms with Crippen LogP contribution in [0, 0.1) is 0 Å². The summed E-state index contributed by atoms with van der Waals surface area (Å²) in [5.74, 6) is -0.000663. The maximum atomic E-state index is 12.8. The third-order valence-corrected chi connectivity index (χ3v) is 6.00. The average molecular weight is 410 g/mol. The van der Waals surface area contributed by atoms with Crippen LogP contribution < -0.4 is 10.6 Å². The zero-order valence-corrected chi connectivity index (χ0v) is 17.6. The van der Waals surface area contributed by atoms with Gasteiger partial charge >= 0.3 is 0 Å². The fraction of sp³-hybridized carbons (Fsp3) is 0.304. The molecule has 2 amide bonds. The fourth-order valence-electron chi connectivity index (χ4n) is 3.04. The number of aromatic amines is 1. The van der Waals surface area contributed by atoms with Crippen LogP contribution in [0.3, 0.4) is 0 Å². The number of carbonyl (C=O) groups excluding carboxylic acids is 2. The summed E-state index contributed by atoms with van der Waals surface area (Å²) in [6.45, 7) is 4.07. The van der Waals surface area contributed by atoms with Gasteiger partial charge in [0.05, 0.1) is 5.25 Å². The SMILES string of the molecule is CCCCC(=O)Nc1cccc(SC(CC)C(=O)Nc2ccc3cc[nH]c3c2)c1. The Morgan fingerprint density at radius 1 is 1.03 bits per heavy atom. The molecule has 3 aromatic rings. The minimum atomic E-state index is -0.222. The van der Waals surface area contributed by atoms with Crippen molar-refractivity contribution >= 4 is 45.9 Å². The Balaban J connectivity index is 1.63. The molecule has 0 aliphatic carbocycles. The van der Waals surface area contributed by atoms with Crippen molar-refractivity contribution in [3.8, 4) is 0 Å². The summed E-state index contributed by atoms with van der Waals surface area (Å²) in [7, 11) is 0. The lowest BCUT2D eigenvalue weighted by Crippen LogP contribution is -2.24. The van der Waals surface area contributed by atoms with Crippen molar-refractivity contribution in [2.45, 2.75) is 49.7 Å². The molecule has 0 bridgehead atoms. The smallest absolute Gasteiger partial charge is 0.237 e. The number of hydrogen-bond donors (Lipinski definition) is 3. The molecule has 3 rings (SSSR count). The number of nitrogens with one attached hydrogen (secondary N) is 3. The second kappa shape index (κ2) is 10.2. The summed E-state index contributed by atoms with van der Waals surface area (Å²) in [5, 5.41) is 6.84. The van der Waals surface area contributed by atoms with Gasteiger partial charge in [0, 0.05) is 34.4 Å². The number of H-pyrrole nitrogens is 1. The first kappa shape index (κ1) is 21.0. The number of aromatic nitrogens is 1. The molecule has 0 fully saturated rings. The molecular weight excluding hydrogens is 382 g/mol. The Morgan fingerprint density at radius 3 is 2.66 bits per heavy atom. The molecule has 1 heterocycles. The van der Waals surface area contributed by atoms with Crippen LogP contribution in [0.5, 0.6) is 0 Å². The predicted molar refractivity (Wildman–Crippen MR) is 121 cm³/mol. The molecule has 1 unspecified atom stereocenters. The maximum Gasteiger partial charge on any atom is 0.237 e. The van der Waals surface area contributed by atoms with Crippen molar-refractivity contribution in [2.75, 3.05) is 10.6 Å². The Hall–Kier alpha value is -2.73. The fourth-order valence-corrected chi connectivity index (χ4v) is 4.06. The monoisotopic (exact) mass is 409 g/mol. The Morgan fingerprint density at radius 2 is 1.86 bits per heavy atom. The van der Waals surface area contributed by atoms with Gasteiger partial charge < -0.3 is 15.6 Å². The highest BCUT2D eigenvalue weighted by atomic mass is 32.2. The summed E-state index contributed by atoms with van der Waals surface area (Å²) in [5.41, 5.74) is 2.54. The first-order valence-corrected chi connectivity index (χ1v) is 10.9. The zero-order valence-electron chi connectivity index (χ0n) is 16.8. The number of unbranched alkanes of at least 4 members (excludes halogenated alkanes) is 1. The summed E-state index contributed by atoms with van der Waals surface area (Å²) < 4.78 is 0. The summed E-state index contributed by atoms with van der Waals surface area (Å²) in [6, 6.07) is 15.5. The van der Waals surface area contributed by atoms with Crippen LogP contribution in [-0.4, -0.2) is 22.0 Å². The first-order valence-electron chi connectivity index (χ1n) is 10.0. The highest BCUT2D eigenvalue weighted by Gasteiger charge is 2.18. The third-order valence-electron chi connectivity index (χ3n) is 4.64. The van der Waals surface area contributed by atoms with Gasteiger partial charge in [-0.15, -0.1) is 11.8 Å². The van der Waals surface area contributed by atoms with Crippen molar-refractivity contribution < 1.29 is 9.59 Å². The van der Waals surface area contributed by atoms with E-state index in [2.05, 4.69) is 22.5 Å². The van der Waals surface area contributed by atoms with Gasteiger partial charge in [-0.25, -0.2) is 0 Å². The van der Waals surface area contributed by atoms with Gasteiger partial charge in [-0.2, -0.15) is 0 Å². The Bertz CT molecular complexity index is 983. The van der Waals surface area contributed by atoms with E-state index in [4.69, 9.17) is 0 Å². The van der Waals surface area contributed by atoms with E-state index in [1.807, 2.05) is 61.7 Å². The van der Waals surface area contributed by atoms with Crippen LogP contribution in [0.25, 0.3) is 10.9 Å².